The zero-order chi connectivity index (χ0) is 18.0. The summed E-state index contributed by atoms with van der Waals surface area (Å²) >= 11 is 0. The Morgan fingerprint density at radius 1 is 0.833 bits per heavy atom. The molecule has 0 aliphatic heterocycles. The predicted octanol–water partition coefficient (Wildman–Crippen LogP) is 4.66. The first-order valence-electron chi connectivity index (χ1n) is 8.21. The molecule has 4 nitrogen and oxygen atoms in total. The zero-order valence-corrected chi connectivity index (χ0v) is 14.8. The van der Waals surface area contributed by atoms with Crippen LogP contribution in [0.25, 0.3) is 0 Å². The van der Waals surface area contributed by atoms with E-state index < -0.39 is 0 Å². The average Bonchev–Trinajstić information content (AvgIpc) is 2.55. The molecule has 0 N–H and O–H groups in total. The van der Waals surface area contributed by atoms with E-state index >= 15 is 0 Å². The van der Waals surface area contributed by atoms with Crippen LogP contribution in [-0.4, -0.2) is 18.7 Å². The number of esters is 2. The van der Waals surface area contributed by atoms with Gasteiger partial charge in [-0.15, -0.1) is 0 Å². The van der Waals surface area contributed by atoms with Gasteiger partial charge >= 0.3 is 11.9 Å². The van der Waals surface area contributed by atoms with Crippen molar-refractivity contribution in [3.8, 4) is 0 Å². The highest BCUT2D eigenvalue weighted by atomic mass is 16.7. The van der Waals surface area contributed by atoms with Gasteiger partial charge in [-0.3, -0.25) is 9.59 Å². The van der Waals surface area contributed by atoms with Gasteiger partial charge in [-0.1, -0.05) is 81.5 Å². The molecule has 0 aliphatic rings. The van der Waals surface area contributed by atoms with E-state index in [-0.39, 0.29) is 31.1 Å². The average molecular weight is 332 g/mol. The van der Waals surface area contributed by atoms with Gasteiger partial charge in [-0.2, -0.15) is 0 Å². The summed E-state index contributed by atoms with van der Waals surface area (Å²) in [5.74, 6) is -0.988. The molecule has 24 heavy (non-hydrogen) atoms. The first-order chi connectivity index (χ1) is 11.6. The molecular formula is C20H28O4. The van der Waals surface area contributed by atoms with Gasteiger partial charge in [0.15, 0.2) is 0 Å². The number of carbonyl (C=O) groups is 2. The fraction of sp³-hybridized carbons (Fsp3) is 0.400. The minimum Gasteiger partial charge on any atom is -0.428 e. The maximum absolute atomic E-state index is 11.4. The van der Waals surface area contributed by atoms with Gasteiger partial charge in [0.1, 0.15) is 0 Å². The summed E-state index contributed by atoms with van der Waals surface area (Å²) in [5, 5.41) is 0. The van der Waals surface area contributed by atoms with Crippen molar-refractivity contribution < 1.29 is 19.1 Å². The SMILES string of the molecule is CC/C=C/C=CC=CC=CC=CCCC(=O)OCOC(=O)C(C)C. The van der Waals surface area contributed by atoms with Gasteiger partial charge in [0.2, 0.25) is 6.79 Å². The Balaban J connectivity index is 3.73. The maximum Gasteiger partial charge on any atom is 0.311 e. The van der Waals surface area contributed by atoms with Crippen molar-refractivity contribution in [1.82, 2.24) is 0 Å². The minimum absolute atomic E-state index is 0.226. The standard InChI is InChI=1S/C20H28O4/c1-4-5-6-7-8-9-10-11-12-13-14-15-16-19(21)23-17-24-20(22)18(2)3/h5-14,18H,4,15-17H2,1-3H3/b6-5+,8-7?,10-9?,12-11?,14-13?. The third kappa shape index (κ3) is 14.6. The molecule has 0 aromatic carbocycles. The lowest BCUT2D eigenvalue weighted by atomic mass is 10.2. The van der Waals surface area contributed by atoms with E-state index in [9.17, 15) is 9.59 Å². The van der Waals surface area contributed by atoms with Crippen LogP contribution in [0.2, 0.25) is 0 Å². The summed E-state index contributed by atoms with van der Waals surface area (Å²) in [7, 11) is 0. The molecular weight excluding hydrogens is 304 g/mol. The summed E-state index contributed by atoms with van der Waals surface area (Å²) in [4.78, 5) is 22.5. The van der Waals surface area contributed by atoms with E-state index in [1.54, 1.807) is 13.8 Å². The summed E-state index contributed by atoms with van der Waals surface area (Å²) in [5.41, 5.74) is 0. The smallest absolute Gasteiger partial charge is 0.311 e. The van der Waals surface area contributed by atoms with Crippen LogP contribution in [0, 0.1) is 5.92 Å². The maximum atomic E-state index is 11.4. The first-order valence-corrected chi connectivity index (χ1v) is 8.21. The van der Waals surface area contributed by atoms with Crippen LogP contribution in [-0.2, 0) is 19.1 Å². The number of ether oxygens (including phenoxy) is 2. The van der Waals surface area contributed by atoms with E-state index in [0.29, 0.717) is 6.42 Å². The topological polar surface area (TPSA) is 52.6 Å². The number of hydrogen-bond acceptors (Lipinski definition) is 4. The van der Waals surface area contributed by atoms with Crippen LogP contribution in [0.3, 0.4) is 0 Å². The molecule has 0 heterocycles. The van der Waals surface area contributed by atoms with Crippen molar-refractivity contribution in [3.05, 3.63) is 60.8 Å². The molecule has 0 aromatic rings. The fourth-order valence-corrected chi connectivity index (χ4v) is 1.37. The third-order valence-corrected chi connectivity index (χ3v) is 2.69. The van der Waals surface area contributed by atoms with Gasteiger partial charge in [0, 0.05) is 6.42 Å². The third-order valence-electron chi connectivity index (χ3n) is 2.69. The van der Waals surface area contributed by atoms with E-state index in [2.05, 4.69) is 13.0 Å². The normalized spacial score (nSPS) is 12.5. The minimum atomic E-state index is -0.384. The molecule has 0 unspecified atom stereocenters. The van der Waals surface area contributed by atoms with E-state index in [1.165, 1.54) is 0 Å². The molecule has 0 radical (unpaired) electrons. The van der Waals surface area contributed by atoms with Crippen molar-refractivity contribution in [3.63, 3.8) is 0 Å². The molecule has 0 saturated carbocycles. The van der Waals surface area contributed by atoms with Crippen molar-refractivity contribution in [2.75, 3.05) is 6.79 Å². The van der Waals surface area contributed by atoms with Gasteiger partial charge in [-0.05, 0) is 12.8 Å². The number of carbonyl (C=O) groups excluding carboxylic acids is 2. The Labute approximate surface area is 145 Å². The van der Waals surface area contributed by atoms with Crippen molar-refractivity contribution in [1.29, 1.82) is 0 Å². The largest absolute Gasteiger partial charge is 0.428 e. The Kier molecular flexibility index (Phi) is 14.0. The molecule has 0 aromatic heterocycles. The van der Waals surface area contributed by atoms with Crippen LogP contribution >= 0.6 is 0 Å². The lowest BCUT2D eigenvalue weighted by Crippen LogP contribution is -2.16. The van der Waals surface area contributed by atoms with Crippen molar-refractivity contribution >= 4 is 11.9 Å². The Hall–Kier alpha value is -2.36. The highest BCUT2D eigenvalue weighted by Crippen LogP contribution is 1.98. The molecule has 0 saturated heterocycles. The van der Waals surface area contributed by atoms with Crippen molar-refractivity contribution in [2.45, 2.75) is 40.0 Å². The lowest BCUT2D eigenvalue weighted by molar-refractivity contribution is -0.169. The number of rotatable bonds is 11. The van der Waals surface area contributed by atoms with E-state index in [0.717, 1.165) is 6.42 Å². The molecule has 0 bridgehead atoms. The lowest BCUT2D eigenvalue weighted by Gasteiger charge is -2.07. The fourth-order valence-electron chi connectivity index (χ4n) is 1.37. The summed E-state index contributed by atoms with van der Waals surface area (Å²) in [6.45, 7) is 5.22. The zero-order valence-electron chi connectivity index (χ0n) is 14.8. The molecule has 0 amide bonds. The molecule has 0 rings (SSSR count). The number of allylic oxidation sites excluding steroid dienone is 10. The van der Waals surface area contributed by atoms with Gasteiger partial charge in [0.05, 0.1) is 5.92 Å². The highest BCUT2D eigenvalue weighted by Gasteiger charge is 2.09. The Bertz CT molecular complexity index is 494. The second-order valence-electron chi connectivity index (χ2n) is 5.21. The van der Waals surface area contributed by atoms with Crippen LogP contribution < -0.4 is 0 Å². The Morgan fingerprint density at radius 3 is 1.92 bits per heavy atom. The number of hydrogen-bond donors (Lipinski definition) is 0. The Morgan fingerprint density at radius 2 is 1.38 bits per heavy atom. The monoisotopic (exact) mass is 332 g/mol. The molecule has 0 spiro atoms. The van der Waals surface area contributed by atoms with Gasteiger partial charge in [-0.25, -0.2) is 0 Å². The van der Waals surface area contributed by atoms with Gasteiger partial charge < -0.3 is 9.47 Å². The van der Waals surface area contributed by atoms with Crippen molar-refractivity contribution in [2.24, 2.45) is 5.92 Å². The second kappa shape index (κ2) is 15.5. The first kappa shape index (κ1) is 21.6. The molecule has 0 atom stereocenters. The van der Waals surface area contributed by atoms with E-state index in [1.807, 2.05) is 54.7 Å². The van der Waals surface area contributed by atoms with Crippen LogP contribution in [0.1, 0.15) is 40.0 Å². The summed E-state index contributed by atoms with van der Waals surface area (Å²) in [6.07, 6.45) is 21.3. The quantitative estimate of drug-likeness (QED) is 0.314. The molecule has 132 valence electrons. The highest BCUT2D eigenvalue weighted by molar-refractivity contribution is 5.72. The molecule has 0 fully saturated rings. The van der Waals surface area contributed by atoms with Crippen LogP contribution in [0.5, 0.6) is 0 Å². The summed E-state index contributed by atoms with van der Waals surface area (Å²) in [6, 6.07) is 0. The summed E-state index contributed by atoms with van der Waals surface area (Å²) < 4.78 is 9.56. The molecule has 0 aliphatic carbocycles. The second-order valence-corrected chi connectivity index (χ2v) is 5.21. The van der Waals surface area contributed by atoms with Gasteiger partial charge in [0.25, 0.3) is 0 Å². The predicted molar refractivity (Wildman–Crippen MR) is 97.1 cm³/mol. The van der Waals surface area contributed by atoms with E-state index in [4.69, 9.17) is 9.47 Å². The van der Waals surface area contributed by atoms with Crippen LogP contribution in [0.15, 0.2) is 60.8 Å². The molecule has 4 heteroatoms. The van der Waals surface area contributed by atoms with Crippen LogP contribution in [0.4, 0.5) is 0 Å².